The van der Waals surface area contributed by atoms with Gasteiger partial charge in [0.2, 0.25) is 0 Å². The molecule has 2 rings (SSSR count). The Bertz CT molecular complexity index is 407. The average Bonchev–Trinajstić information content (AvgIpc) is 2.70. The van der Waals surface area contributed by atoms with Gasteiger partial charge in [-0.25, -0.2) is 0 Å². The topological polar surface area (TPSA) is 46.3 Å². The minimum absolute atomic E-state index is 0.497. The number of hydrogen-bond donors (Lipinski definition) is 1. The molecule has 0 spiro atoms. The molecular formula is C11H11NO2. The van der Waals surface area contributed by atoms with Crippen molar-refractivity contribution in [1.82, 2.24) is 5.16 Å². The first-order valence-corrected chi connectivity index (χ1v) is 4.47. The van der Waals surface area contributed by atoms with Gasteiger partial charge in [-0.05, 0) is 12.5 Å². The normalized spacial score (nSPS) is 12.7. The number of hydrogen-bond acceptors (Lipinski definition) is 3. The van der Waals surface area contributed by atoms with Crippen LogP contribution < -0.4 is 0 Å². The van der Waals surface area contributed by atoms with Gasteiger partial charge in [-0.1, -0.05) is 29.4 Å². The minimum Gasteiger partial charge on any atom is -0.389 e. The summed E-state index contributed by atoms with van der Waals surface area (Å²) in [6.07, 6.45) is 1.02. The monoisotopic (exact) mass is 189 g/mol. The standard InChI is InChI=1S/C11H11NO2/c1-8(13)9-4-2-3-5-10(9)11-6-7-14-12-11/h2-8,13H,1H3. The molecule has 3 heteroatoms. The molecule has 0 saturated heterocycles. The summed E-state index contributed by atoms with van der Waals surface area (Å²) < 4.78 is 4.77. The number of aliphatic hydroxyl groups excluding tert-OH is 1. The molecular weight excluding hydrogens is 178 g/mol. The third-order valence-electron chi connectivity index (χ3n) is 2.12. The number of aromatic nitrogens is 1. The molecule has 1 atom stereocenters. The lowest BCUT2D eigenvalue weighted by Crippen LogP contribution is -1.94. The summed E-state index contributed by atoms with van der Waals surface area (Å²) in [6, 6.07) is 9.39. The van der Waals surface area contributed by atoms with Gasteiger partial charge in [-0.2, -0.15) is 0 Å². The maximum absolute atomic E-state index is 9.54. The zero-order valence-corrected chi connectivity index (χ0v) is 7.84. The van der Waals surface area contributed by atoms with Crippen LogP contribution in [0.5, 0.6) is 0 Å². The van der Waals surface area contributed by atoms with E-state index in [1.165, 1.54) is 6.26 Å². The van der Waals surface area contributed by atoms with Crippen LogP contribution in [0.3, 0.4) is 0 Å². The molecule has 0 aliphatic heterocycles. The second-order valence-electron chi connectivity index (χ2n) is 3.15. The van der Waals surface area contributed by atoms with E-state index in [2.05, 4.69) is 5.16 Å². The Balaban J connectivity index is 2.53. The highest BCUT2D eigenvalue weighted by molar-refractivity contribution is 5.63. The Morgan fingerprint density at radius 3 is 2.71 bits per heavy atom. The smallest absolute Gasteiger partial charge is 0.124 e. The zero-order chi connectivity index (χ0) is 9.97. The molecule has 2 aromatic rings. The van der Waals surface area contributed by atoms with Gasteiger partial charge >= 0.3 is 0 Å². The van der Waals surface area contributed by atoms with Gasteiger partial charge in [0.25, 0.3) is 0 Å². The van der Waals surface area contributed by atoms with Crippen molar-refractivity contribution in [3.05, 3.63) is 42.2 Å². The Labute approximate surface area is 82.0 Å². The van der Waals surface area contributed by atoms with Crippen molar-refractivity contribution in [3.8, 4) is 11.3 Å². The summed E-state index contributed by atoms with van der Waals surface area (Å²) in [7, 11) is 0. The van der Waals surface area contributed by atoms with E-state index in [1.54, 1.807) is 13.0 Å². The molecule has 1 N–H and O–H groups in total. The van der Waals surface area contributed by atoms with Gasteiger partial charge in [0.05, 0.1) is 6.10 Å². The molecule has 1 aromatic heterocycles. The van der Waals surface area contributed by atoms with Crippen LogP contribution >= 0.6 is 0 Å². The molecule has 3 nitrogen and oxygen atoms in total. The zero-order valence-electron chi connectivity index (χ0n) is 7.84. The van der Waals surface area contributed by atoms with Crippen LogP contribution in [0.4, 0.5) is 0 Å². The van der Waals surface area contributed by atoms with Crippen molar-refractivity contribution in [3.63, 3.8) is 0 Å². The summed E-state index contributed by atoms with van der Waals surface area (Å²) in [5, 5.41) is 13.4. The SMILES string of the molecule is CC(O)c1ccccc1-c1ccon1. The summed E-state index contributed by atoms with van der Waals surface area (Å²) in [5.74, 6) is 0. The highest BCUT2D eigenvalue weighted by Crippen LogP contribution is 2.26. The summed E-state index contributed by atoms with van der Waals surface area (Å²) >= 11 is 0. The highest BCUT2D eigenvalue weighted by Gasteiger charge is 2.10. The van der Waals surface area contributed by atoms with Gasteiger partial charge < -0.3 is 9.63 Å². The van der Waals surface area contributed by atoms with Crippen molar-refractivity contribution >= 4 is 0 Å². The van der Waals surface area contributed by atoms with E-state index in [0.717, 1.165) is 16.8 Å². The molecule has 0 radical (unpaired) electrons. The predicted octanol–water partition coefficient (Wildman–Crippen LogP) is 2.39. The predicted molar refractivity (Wildman–Crippen MR) is 52.6 cm³/mol. The van der Waals surface area contributed by atoms with Crippen LogP contribution in [-0.2, 0) is 0 Å². The molecule has 1 unspecified atom stereocenters. The van der Waals surface area contributed by atoms with Gasteiger partial charge in [-0.3, -0.25) is 0 Å². The molecule has 0 aliphatic carbocycles. The van der Waals surface area contributed by atoms with Crippen LogP contribution in [-0.4, -0.2) is 10.3 Å². The first-order chi connectivity index (χ1) is 6.79. The second-order valence-corrected chi connectivity index (χ2v) is 3.15. The van der Waals surface area contributed by atoms with E-state index < -0.39 is 6.10 Å². The van der Waals surface area contributed by atoms with Crippen molar-refractivity contribution < 1.29 is 9.63 Å². The molecule has 1 aromatic carbocycles. The average molecular weight is 189 g/mol. The fraction of sp³-hybridized carbons (Fsp3) is 0.182. The lowest BCUT2D eigenvalue weighted by molar-refractivity contribution is 0.200. The van der Waals surface area contributed by atoms with E-state index in [4.69, 9.17) is 4.52 Å². The Morgan fingerprint density at radius 2 is 2.07 bits per heavy atom. The van der Waals surface area contributed by atoms with Crippen molar-refractivity contribution in [2.75, 3.05) is 0 Å². The summed E-state index contributed by atoms with van der Waals surface area (Å²) in [6.45, 7) is 1.74. The van der Waals surface area contributed by atoms with E-state index in [0.29, 0.717) is 0 Å². The maximum Gasteiger partial charge on any atom is 0.124 e. The minimum atomic E-state index is -0.497. The summed E-state index contributed by atoms with van der Waals surface area (Å²) in [4.78, 5) is 0. The van der Waals surface area contributed by atoms with Crippen molar-refractivity contribution in [2.24, 2.45) is 0 Å². The number of benzene rings is 1. The lowest BCUT2D eigenvalue weighted by atomic mass is 10.0. The molecule has 1 heterocycles. The number of rotatable bonds is 2. The van der Waals surface area contributed by atoms with E-state index >= 15 is 0 Å². The fourth-order valence-electron chi connectivity index (χ4n) is 1.45. The first-order valence-electron chi connectivity index (χ1n) is 4.47. The van der Waals surface area contributed by atoms with E-state index in [1.807, 2.05) is 24.3 Å². The Hall–Kier alpha value is -1.61. The molecule has 0 saturated carbocycles. The molecule has 0 amide bonds. The van der Waals surface area contributed by atoms with Crippen LogP contribution in [0.1, 0.15) is 18.6 Å². The number of aliphatic hydroxyl groups is 1. The molecule has 72 valence electrons. The third-order valence-corrected chi connectivity index (χ3v) is 2.12. The highest BCUT2D eigenvalue weighted by atomic mass is 16.5. The molecule has 0 fully saturated rings. The summed E-state index contributed by atoms with van der Waals surface area (Å²) in [5.41, 5.74) is 2.53. The second kappa shape index (κ2) is 3.64. The van der Waals surface area contributed by atoms with Crippen LogP contribution in [0.15, 0.2) is 41.1 Å². The van der Waals surface area contributed by atoms with Crippen LogP contribution in [0, 0.1) is 0 Å². The maximum atomic E-state index is 9.54. The van der Waals surface area contributed by atoms with E-state index in [-0.39, 0.29) is 0 Å². The molecule has 0 aliphatic rings. The molecule has 14 heavy (non-hydrogen) atoms. The largest absolute Gasteiger partial charge is 0.389 e. The van der Waals surface area contributed by atoms with E-state index in [9.17, 15) is 5.11 Å². The van der Waals surface area contributed by atoms with Crippen LogP contribution in [0.25, 0.3) is 11.3 Å². The Kier molecular flexibility index (Phi) is 2.33. The van der Waals surface area contributed by atoms with Gasteiger partial charge in [0.1, 0.15) is 12.0 Å². The fourth-order valence-corrected chi connectivity index (χ4v) is 1.45. The van der Waals surface area contributed by atoms with Gasteiger partial charge in [0.15, 0.2) is 0 Å². The quantitative estimate of drug-likeness (QED) is 0.789. The van der Waals surface area contributed by atoms with Crippen LogP contribution in [0.2, 0.25) is 0 Å². The Morgan fingerprint density at radius 1 is 1.29 bits per heavy atom. The first kappa shape index (κ1) is 8.97. The van der Waals surface area contributed by atoms with Gasteiger partial charge in [0, 0.05) is 11.6 Å². The third kappa shape index (κ3) is 1.54. The van der Waals surface area contributed by atoms with Crippen molar-refractivity contribution in [1.29, 1.82) is 0 Å². The van der Waals surface area contributed by atoms with Crippen molar-refractivity contribution in [2.45, 2.75) is 13.0 Å². The molecule has 0 bridgehead atoms. The number of nitrogens with zero attached hydrogens (tertiary/aromatic N) is 1. The van der Waals surface area contributed by atoms with Gasteiger partial charge in [-0.15, -0.1) is 0 Å². The lowest BCUT2D eigenvalue weighted by Gasteiger charge is -2.08.